The number of benzene rings is 1. The van der Waals surface area contributed by atoms with Crippen molar-refractivity contribution >= 4 is 11.0 Å². The van der Waals surface area contributed by atoms with Gasteiger partial charge in [-0.15, -0.1) is 0 Å². The maximum Gasteiger partial charge on any atom is 0.0960 e. The van der Waals surface area contributed by atoms with Crippen LogP contribution in [-0.2, 0) is 0 Å². The Kier molecular flexibility index (Phi) is 15.7. The number of hydrogen-bond acceptors (Lipinski definition) is 3. The summed E-state index contributed by atoms with van der Waals surface area (Å²) in [5.41, 5.74) is 3.84. The van der Waals surface area contributed by atoms with Crippen molar-refractivity contribution in [1.29, 1.82) is 0 Å². The molecule has 234 valence electrons. The van der Waals surface area contributed by atoms with E-state index in [2.05, 4.69) is 108 Å². The summed E-state index contributed by atoms with van der Waals surface area (Å²) in [6, 6.07) is 10.1. The first-order valence-electron chi connectivity index (χ1n) is 16.9. The molecular formula is C37H66N4. The van der Waals surface area contributed by atoms with Gasteiger partial charge in [0.2, 0.25) is 0 Å². The monoisotopic (exact) mass is 567 g/mol. The van der Waals surface area contributed by atoms with Gasteiger partial charge in [0.25, 0.3) is 0 Å². The molecule has 1 aromatic heterocycles. The van der Waals surface area contributed by atoms with E-state index in [-0.39, 0.29) is 0 Å². The summed E-state index contributed by atoms with van der Waals surface area (Å²) in [7, 11) is 0. The molecular weight excluding hydrogens is 500 g/mol. The van der Waals surface area contributed by atoms with Crippen LogP contribution in [0.5, 0.6) is 0 Å². The van der Waals surface area contributed by atoms with Crippen LogP contribution in [-0.4, -0.2) is 57.6 Å². The zero-order valence-corrected chi connectivity index (χ0v) is 28.9. The van der Waals surface area contributed by atoms with E-state index in [0.29, 0.717) is 12.1 Å². The smallest absolute Gasteiger partial charge is 0.0960 e. The molecule has 3 heterocycles. The summed E-state index contributed by atoms with van der Waals surface area (Å²) in [6.45, 7) is 30.1. The Hall–Kier alpha value is -1.65. The molecule has 1 saturated carbocycles. The van der Waals surface area contributed by atoms with Gasteiger partial charge in [0.15, 0.2) is 0 Å². The molecule has 1 aliphatic carbocycles. The predicted molar refractivity (Wildman–Crippen MR) is 182 cm³/mol. The molecule has 3 aliphatic rings. The number of para-hydroxylation sites is 2. The Labute approximate surface area is 255 Å². The van der Waals surface area contributed by atoms with E-state index in [0.717, 1.165) is 41.8 Å². The molecule has 1 saturated heterocycles. The maximum absolute atomic E-state index is 4.30. The molecule has 41 heavy (non-hydrogen) atoms. The average molecular weight is 567 g/mol. The molecule has 4 heteroatoms. The summed E-state index contributed by atoms with van der Waals surface area (Å²) in [5, 5.41) is 0. The van der Waals surface area contributed by atoms with Gasteiger partial charge in [-0.3, -0.25) is 4.90 Å². The van der Waals surface area contributed by atoms with Crippen LogP contribution in [0.15, 0.2) is 42.2 Å². The maximum atomic E-state index is 4.30. The number of rotatable bonds is 4. The third-order valence-electron chi connectivity index (χ3n) is 9.46. The molecule has 2 aliphatic heterocycles. The van der Waals surface area contributed by atoms with Crippen LogP contribution in [0.1, 0.15) is 121 Å². The first-order valence-corrected chi connectivity index (χ1v) is 16.9. The second-order valence-electron chi connectivity index (χ2n) is 14.4. The number of aromatic nitrogens is 2. The lowest BCUT2D eigenvalue weighted by Crippen LogP contribution is -2.37. The van der Waals surface area contributed by atoms with Gasteiger partial charge in [0, 0.05) is 31.2 Å². The number of hydrogen-bond donors (Lipinski definition) is 0. The molecule has 4 nitrogen and oxygen atoms in total. The third kappa shape index (κ3) is 12.6. The van der Waals surface area contributed by atoms with Crippen molar-refractivity contribution in [3.8, 4) is 0 Å². The van der Waals surface area contributed by atoms with Crippen LogP contribution in [0, 0.1) is 23.7 Å². The van der Waals surface area contributed by atoms with E-state index in [1.165, 1.54) is 63.7 Å². The van der Waals surface area contributed by atoms with Gasteiger partial charge in [-0.1, -0.05) is 57.9 Å². The topological polar surface area (TPSA) is 24.3 Å². The quantitative estimate of drug-likeness (QED) is 0.344. The number of fused-ring (bicyclic) bond motifs is 1. The van der Waals surface area contributed by atoms with E-state index in [1.54, 1.807) is 5.57 Å². The van der Waals surface area contributed by atoms with Gasteiger partial charge in [0.1, 0.15) is 0 Å². The van der Waals surface area contributed by atoms with E-state index < -0.39 is 0 Å². The molecule has 2 atom stereocenters. The van der Waals surface area contributed by atoms with Crippen LogP contribution in [0.3, 0.4) is 0 Å². The van der Waals surface area contributed by atoms with Crippen LogP contribution >= 0.6 is 0 Å². The molecule has 0 N–H and O–H groups in total. The largest absolute Gasteiger partial charge is 0.328 e. The minimum absolute atomic E-state index is 0.484. The van der Waals surface area contributed by atoms with Crippen molar-refractivity contribution in [1.82, 2.24) is 19.4 Å². The normalized spacial score (nSPS) is 22.3. The van der Waals surface area contributed by atoms with E-state index in [4.69, 9.17) is 0 Å². The van der Waals surface area contributed by atoms with E-state index >= 15 is 0 Å². The van der Waals surface area contributed by atoms with Gasteiger partial charge < -0.3 is 9.47 Å². The second kappa shape index (κ2) is 18.1. The fraction of sp³-hybridized carbons (Fsp3) is 0.757. The van der Waals surface area contributed by atoms with Crippen molar-refractivity contribution in [3.05, 3.63) is 42.2 Å². The van der Waals surface area contributed by atoms with Crippen LogP contribution < -0.4 is 0 Å². The Bertz CT molecular complexity index is 993. The van der Waals surface area contributed by atoms with Crippen molar-refractivity contribution < 1.29 is 0 Å². The fourth-order valence-electron chi connectivity index (χ4n) is 6.05. The Balaban J connectivity index is 0.000000192. The number of likely N-dealkylation sites (tertiary alicyclic amines) is 1. The lowest BCUT2D eigenvalue weighted by atomic mass is 9.94. The third-order valence-corrected chi connectivity index (χ3v) is 9.46. The molecule has 0 spiro atoms. The van der Waals surface area contributed by atoms with Crippen molar-refractivity contribution in [2.24, 2.45) is 23.7 Å². The average Bonchev–Trinajstić information content (AvgIpc) is 3.57. The Morgan fingerprint density at radius 1 is 0.732 bits per heavy atom. The predicted octanol–water partition coefficient (Wildman–Crippen LogP) is 9.87. The first-order chi connectivity index (χ1) is 19.4. The highest BCUT2D eigenvalue weighted by atomic mass is 15.1. The zero-order chi connectivity index (χ0) is 30.5. The van der Waals surface area contributed by atoms with Gasteiger partial charge in [-0.25, -0.2) is 4.98 Å². The molecule has 2 fully saturated rings. The number of nitrogens with zero attached hydrogens (tertiary/aromatic N) is 4. The SMILES string of the molecule is CC(C)n1cnc2ccccc21.CC1=CCN(C(C)C)CC1.CC1CCC(C(C)C)C1.CC1CCN(C(C)C)CC1. The Morgan fingerprint density at radius 2 is 1.37 bits per heavy atom. The highest BCUT2D eigenvalue weighted by molar-refractivity contribution is 5.75. The van der Waals surface area contributed by atoms with Crippen LogP contribution in [0.2, 0.25) is 0 Å². The summed E-state index contributed by atoms with van der Waals surface area (Å²) >= 11 is 0. The number of imidazole rings is 1. The molecule has 2 aromatic rings. The molecule has 2 unspecified atom stereocenters. The summed E-state index contributed by atoms with van der Waals surface area (Å²) < 4.78 is 2.18. The van der Waals surface area contributed by atoms with Gasteiger partial charge >= 0.3 is 0 Å². The summed E-state index contributed by atoms with van der Waals surface area (Å²) in [4.78, 5) is 9.37. The molecule has 0 radical (unpaired) electrons. The van der Waals surface area contributed by atoms with E-state index in [9.17, 15) is 0 Å². The first kappa shape index (κ1) is 35.5. The zero-order valence-electron chi connectivity index (χ0n) is 28.9. The summed E-state index contributed by atoms with van der Waals surface area (Å²) in [6.07, 6.45) is 12.7. The van der Waals surface area contributed by atoms with Crippen molar-refractivity contribution in [2.75, 3.05) is 26.2 Å². The molecule has 0 bridgehead atoms. The highest BCUT2D eigenvalue weighted by Crippen LogP contribution is 2.34. The summed E-state index contributed by atoms with van der Waals surface area (Å²) in [5.74, 6) is 3.95. The molecule has 1 aromatic carbocycles. The minimum atomic E-state index is 0.484. The van der Waals surface area contributed by atoms with Crippen molar-refractivity contribution in [2.45, 2.75) is 133 Å². The van der Waals surface area contributed by atoms with Gasteiger partial charge in [0.05, 0.1) is 17.4 Å². The van der Waals surface area contributed by atoms with Crippen molar-refractivity contribution in [3.63, 3.8) is 0 Å². The van der Waals surface area contributed by atoms with Gasteiger partial charge in [-0.05, 0) is 129 Å². The lowest BCUT2D eigenvalue weighted by molar-refractivity contribution is 0.156. The van der Waals surface area contributed by atoms with Gasteiger partial charge in [-0.2, -0.15) is 0 Å². The second-order valence-corrected chi connectivity index (χ2v) is 14.4. The minimum Gasteiger partial charge on any atom is -0.328 e. The van der Waals surface area contributed by atoms with Crippen LogP contribution in [0.25, 0.3) is 11.0 Å². The van der Waals surface area contributed by atoms with Crippen LogP contribution in [0.4, 0.5) is 0 Å². The fourth-order valence-corrected chi connectivity index (χ4v) is 6.05. The van der Waals surface area contributed by atoms with E-state index in [1.807, 2.05) is 24.5 Å². The highest BCUT2D eigenvalue weighted by Gasteiger charge is 2.23. The standard InChI is InChI=1S/C10H12N2.C9H19N.C9H17N.C9H18/c1-8(2)12-7-11-9-5-3-4-6-10(9)12;2*1-8(2)10-6-4-9(3)5-7-10;1-7(2)9-5-4-8(3)6-9/h3-8H,1-2H3;8-9H,4-7H2,1-3H3;4,8H,5-7H2,1-3H3;7-9H,4-6H2,1-3H3. The number of piperidine rings is 1. The lowest BCUT2D eigenvalue weighted by Gasteiger charge is -2.33. The Morgan fingerprint density at radius 3 is 1.83 bits per heavy atom. The molecule has 5 rings (SSSR count). The molecule has 0 amide bonds.